The van der Waals surface area contributed by atoms with E-state index in [-0.39, 0.29) is 24.2 Å². The third-order valence-electron chi connectivity index (χ3n) is 5.99. The van der Waals surface area contributed by atoms with Crippen LogP contribution in [-0.4, -0.2) is 18.4 Å². The highest BCUT2D eigenvalue weighted by atomic mass is 35.5. The summed E-state index contributed by atoms with van der Waals surface area (Å²) in [6, 6.07) is 26.6. The number of benzene rings is 4. The Labute approximate surface area is 218 Å². The lowest BCUT2D eigenvalue weighted by Gasteiger charge is -2.24. The normalized spacial score (nSPS) is 12.5. The van der Waals surface area contributed by atoms with Crippen LogP contribution < -0.4 is 10.2 Å². The summed E-state index contributed by atoms with van der Waals surface area (Å²) in [4.78, 5) is 29.8. The van der Waals surface area contributed by atoms with E-state index in [1.165, 1.54) is 17.8 Å². The fraction of sp³-hybridized carbons (Fsp3) is 0.103. The van der Waals surface area contributed by atoms with Crippen LogP contribution in [0.1, 0.15) is 31.8 Å². The minimum atomic E-state index is -0.381. The van der Waals surface area contributed by atoms with E-state index in [2.05, 4.69) is 5.32 Å². The van der Waals surface area contributed by atoms with Crippen molar-refractivity contribution < 1.29 is 14.0 Å². The molecule has 1 heterocycles. The highest BCUT2D eigenvalue weighted by Gasteiger charge is 2.28. The quantitative estimate of drug-likeness (QED) is 0.308. The summed E-state index contributed by atoms with van der Waals surface area (Å²) in [6.07, 6.45) is 0.664. The standard InChI is InChI=1S/C29H22ClFN2O2S/c30-22-12-9-19(10-13-22)15-16-32-28(34)20-11-14-27-25(17-20)33(18-21-5-1-3-7-24(21)31)29(35)23-6-2-4-8-26(23)36-27/h1-14,17H,15-16,18H2,(H,32,34). The Morgan fingerprint density at radius 2 is 1.67 bits per heavy atom. The van der Waals surface area contributed by atoms with Crippen LogP contribution in [0, 0.1) is 5.82 Å². The lowest BCUT2D eigenvalue weighted by molar-refractivity contribution is 0.0950. The molecule has 7 heteroatoms. The first-order chi connectivity index (χ1) is 17.5. The summed E-state index contributed by atoms with van der Waals surface area (Å²) in [6.45, 7) is 0.505. The molecule has 2 amide bonds. The third-order valence-corrected chi connectivity index (χ3v) is 7.39. The molecule has 0 atom stereocenters. The van der Waals surface area contributed by atoms with Crippen molar-refractivity contribution in [3.63, 3.8) is 0 Å². The van der Waals surface area contributed by atoms with Crippen molar-refractivity contribution in [2.45, 2.75) is 22.8 Å². The molecular formula is C29H22ClFN2O2S. The molecule has 0 bridgehead atoms. The van der Waals surface area contributed by atoms with E-state index < -0.39 is 0 Å². The van der Waals surface area contributed by atoms with Gasteiger partial charge in [0.25, 0.3) is 11.8 Å². The van der Waals surface area contributed by atoms with Crippen LogP contribution in [-0.2, 0) is 13.0 Å². The number of anilines is 1. The van der Waals surface area contributed by atoms with Crippen LogP contribution in [0.4, 0.5) is 10.1 Å². The monoisotopic (exact) mass is 516 g/mol. The average molecular weight is 517 g/mol. The zero-order chi connectivity index (χ0) is 25.1. The van der Waals surface area contributed by atoms with Gasteiger partial charge in [0, 0.05) is 32.5 Å². The van der Waals surface area contributed by atoms with Gasteiger partial charge in [-0.25, -0.2) is 4.39 Å². The van der Waals surface area contributed by atoms with Crippen LogP contribution in [0.3, 0.4) is 0 Å². The van der Waals surface area contributed by atoms with E-state index in [4.69, 9.17) is 11.6 Å². The van der Waals surface area contributed by atoms with Crippen molar-refractivity contribution in [3.8, 4) is 0 Å². The van der Waals surface area contributed by atoms with Crippen molar-refractivity contribution in [3.05, 3.63) is 124 Å². The summed E-state index contributed by atoms with van der Waals surface area (Å²) in [5, 5.41) is 3.61. The topological polar surface area (TPSA) is 49.4 Å². The number of halogens is 2. The van der Waals surface area contributed by atoms with E-state index in [0.717, 1.165) is 15.4 Å². The Hall–Kier alpha value is -3.61. The molecular weight excluding hydrogens is 495 g/mol. The highest BCUT2D eigenvalue weighted by molar-refractivity contribution is 7.99. The molecule has 0 fully saturated rings. The first-order valence-electron chi connectivity index (χ1n) is 11.5. The number of hydrogen-bond donors (Lipinski definition) is 1. The minimum Gasteiger partial charge on any atom is -0.352 e. The van der Waals surface area contributed by atoms with Crippen molar-refractivity contribution in [1.29, 1.82) is 0 Å². The maximum Gasteiger partial charge on any atom is 0.259 e. The van der Waals surface area contributed by atoms with Gasteiger partial charge in [-0.1, -0.05) is 65.8 Å². The molecule has 1 aliphatic rings. The zero-order valence-electron chi connectivity index (χ0n) is 19.2. The molecule has 0 radical (unpaired) electrons. The van der Waals surface area contributed by atoms with Gasteiger partial charge >= 0.3 is 0 Å². The molecule has 0 unspecified atom stereocenters. The number of amides is 2. The second-order valence-corrected chi connectivity index (χ2v) is 9.92. The molecule has 1 aliphatic heterocycles. The Morgan fingerprint density at radius 1 is 0.917 bits per heavy atom. The fourth-order valence-electron chi connectivity index (χ4n) is 4.09. The SMILES string of the molecule is O=C(NCCc1ccc(Cl)cc1)c1ccc2c(c1)N(Cc1ccccc1F)C(=O)c1ccccc1S2. The predicted octanol–water partition coefficient (Wildman–Crippen LogP) is 6.76. The largest absolute Gasteiger partial charge is 0.352 e. The molecule has 4 aromatic rings. The number of nitrogens with zero attached hydrogens (tertiary/aromatic N) is 1. The molecule has 1 N–H and O–H groups in total. The smallest absolute Gasteiger partial charge is 0.259 e. The molecule has 36 heavy (non-hydrogen) atoms. The number of carbonyl (C=O) groups is 2. The van der Waals surface area contributed by atoms with Crippen molar-refractivity contribution in [1.82, 2.24) is 5.32 Å². The Kier molecular flexibility index (Phi) is 7.07. The highest BCUT2D eigenvalue weighted by Crippen LogP contribution is 2.42. The second kappa shape index (κ2) is 10.6. The molecule has 0 saturated heterocycles. The van der Waals surface area contributed by atoms with Gasteiger partial charge in [0.15, 0.2) is 0 Å². The number of fused-ring (bicyclic) bond motifs is 2. The first kappa shape index (κ1) is 24.1. The van der Waals surface area contributed by atoms with Crippen LogP contribution in [0.2, 0.25) is 5.02 Å². The van der Waals surface area contributed by atoms with Crippen molar-refractivity contribution >= 4 is 40.9 Å². The van der Waals surface area contributed by atoms with E-state index in [9.17, 15) is 14.0 Å². The van der Waals surface area contributed by atoms with Crippen LogP contribution in [0.5, 0.6) is 0 Å². The Morgan fingerprint density at radius 3 is 2.47 bits per heavy atom. The second-order valence-electron chi connectivity index (χ2n) is 8.40. The van der Waals surface area contributed by atoms with Crippen molar-refractivity contribution in [2.24, 2.45) is 0 Å². The van der Waals surface area contributed by atoms with Crippen LogP contribution >= 0.6 is 23.4 Å². The molecule has 5 rings (SSSR count). The van der Waals surface area contributed by atoms with Gasteiger partial charge in [-0.15, -0.1) is 0 Å². The van der Waals surface area contributed by atoms with E-state index in [1.807, 2.05) is 48.5 Å². The molecule has 0 saturated carbocycles. The van der Waals surface area contributed by atoms with Gasteiger partial charge in [-0.05, 0) is 60.5 Å². The first-order valence-corrected chi connectivity index (χ1v) is 12.7. The summed E-state index contributed by atoms with van der Waals surface area (Å²) < 4.78 is 14.5. The average Bonchev–Trinajstić information content (AvgIpc) is 3.00. The lowest BCUT2D eigenvalue weighted by Crippen LogP contribution is -2.31. The maximum absolute atomic E-state index is 14.5. The van der Waals surface area contributed by atoms with Gasteiger partial charge in [0.1, 0.15) is 5.82 Å². The van der Waals surface area contributed by atoms with Crippen LogP contribution in [0.25, 0.3) is 0 Å². The summed E-state index contributed by atoms with van der Waals surface area (Å²) in [5.41, 5.74) is 3.03. The number of rotatable bonds is 6. The molecule has 0 spiro atoms. The van der Waals surface area contributed by atoms with Gasteiger partial charge in [0.2, 0.25) is 0 Å². The maximum atomic E-state index is 14.5. The summed E-state index contributed by atoms with van der Waals surface area (Å²) in [7, 11) is 0. The summed E-state index contributed by atoms with van der Waals surface area (Å²) in [5.74, 6) is -0.856. The molecule has 4 nitrogen and oxygen atoms in total. The zero-order valence-corrected chi connectivity index (χ0v) is 20.8. The van der Waals surface area contributed by atoms with E-state index >= 15 is 0 Å². The van der Waals surface area contributed by atoms with Gasteiger partial charge in [-0.2, -0.15) is 0 Å². The van der Waals surface area contributed by atoms with Gasteiger partial charge in [0.05, 0.1) is 17.8 Å². The number of nitrogens with one attached hydrogen (secondary N) is 1. The summed E-state index contributed by atoms with van der Waals surface area (Å²) >= 11 is 7.40. The van der Waals surface area contributed by atoms with Crippen molar-refractivity contribution in [2.75, 3.05) is 11.4 Å². The van der Waals surface area contributed by atoms with Gasteiger partial charge in [-0.3, -0.25) is 9.59 Å². The van der Waals surface area contributed by atoms with E-state index in [0.29, 0.717) is 40.4 Å². The van der Waals surface area contributed by atoms with Gasteiger partial charge < -0.3 is 10.2 Å². The molecule has 180 valence electrons. The predicted molar refractivity (Wildman–Crippen MR) is 141 cm³/mol. The minimum absolute atomic E-state index is 0.0506. The van der Waals surface area contributed by atoms with Crippen LogP contribution in [0.15, 0.2) is 101 Å². The number of carbonyl (C=O) groups excluding carboxylic acids is 2. The van der Waals surface area contributed by atoms with E-state index in [1.54, 1.807) is 41.3 Å². The third kappa shape index (κ3) is 5.15. The molecule has 4 aromatic carbocycles. The molecule has 0 aliphatic carbocycles. The Bertz CT molecular complexity index is 1440. The number of hydrogen-bond acceptors (Lipinski definition) is 3. The lowest BCUT2D eigenvalue weighted by atomic mass is 10.1. The fourth-order valence-corrected chi connectivity index (χ4v) is 5.27. The Balaban J connectivity index is 1.43. The molecule has 0 aromatic heterocycles.